The molecule has 0 bridgehead atoms. The first kappa shape index (κ1) is 13.3. The fraction of sp³-hybridized carbons (Fsp3) is 0. The monoisotopic (exact) mass is 274 g/mol. The van der Waals surface area contributed by atoms with Gasteiger partial charge in [0.1, 0.15) is 0 Å². The molecule has 0 saturated heterocycles. The Hall–Kier alpha value is 0.320. The first-order valence-corrected chi connectivity index (χ1v) is 6.25. The molecular formula is H3O9PS3. The molecule has 9 nitrogen and oxygen atoms in total. The predicted octanol–water partition coefficient (Wildman–Crippen LogP) is -1.55. The van der Waals surface area contributed by atoms with Crippen LogP contribution in [0.1, 0.15) is 0 Å². The van der Waals surface area contributed by atoms with Crippen molar-refractivity contribution in [2.75, 3.05) is 0 Å². The predicted molar refractivity (Wildman–Crippen MR) is 41.6 cm³/mol. The van der Waals surface area contributed by atoms with Crippen molar-refractivity contribution in [3.8, 4) is 0 Å². The van der Waals surface area contributed by atoms with E-state index in [9.17, 15) is 21.0 Å². The van der Waals surface area contributed by atoms with E-state index in [1.54, 1.807) is 0 Å². The molecule has 0 spiro atoms. The van der Waals surface area contributed by atoms with Crippen LogP contribution in [0.2, 0.25) is 0 Å². The van der Waals surface area contributed by atoms with Crippen molar-refractivity contribution in [1.82, 2.24) is 0 Å². The first-order chi connectivity index (χ1) is 5.68. The molecule has 0 aliphatic heterocycles. The zero-order valence-electron chi connectivity index (χ0n) is 5.52. The van der Waals surface area contributed by atoms with Crippen molar-refractivity contribution < 1.29 is 36.8 Å². The van der Waals surface area contributed by atoms with Crippen molar-refractivity contribution in [2.24, 2.45) is 0 Å². The summed E-state index contributed by atoms with van der Waals surface area (Å²) in [7, 11) is -8.75. The van der Waals surface area contributed by atoms with Gasteiger partial charge >= 0.3 is 32.2 Å². The maximum atomic E-state index is 10.3. The van der Waals surface area contributed by atoms with E-state index in [2.05, 4.69) is 11.2 Å². The molecule has 0 aromatic heterocycles. The summed E-state index contributed by atoms with van der Waals surface area (Å²) in [6, 6.07) is 0. The molecule has 13 heteroatoms. The van der Waals surface area contributed by atoms with E-state index in [-0.39, 0.29) is 0 Å². The molecule has 0 amide bonds. The van der Waals surface area contributed by atoms with E-state index in [1.807, 2.05) is 0 Å². The van der Waals surface area contributed by atoms with E-state index in [0.717, 1.165) is 0 Å². The Morgan fingerprint density at radius 3 is 1.92 bits per heavy atom. The van der Waals surface area contributed by atoms with Gasteiger partial charge in [0, 0.05) is 9.47 Å². The molecule has 2 unspecified atom stereocenters. The first-order valence-electron chi connectivity index (χ1n) is 2.08. The van der Waals surface area contributed by atoms with Crippen molar-refractivity contribution in [3.63, 3.8) is 0 Å². The zero-order chi connectivity index (χ0) is 10.7. The van der Waals surface area contributed by atoms with E-state index in [1.165, 1.54) is 9.47 Å². The average molecular weight is 274 g/mol. The molecule has 0 rings (SSSR count). The second-order valence-electron chi connectivity index (χ2n) is 1.27. The Labute approximate surface area is 78.8 Å². The lowest BCUT2D eigenvalue weighted by Gasteiger charge is -1.99. The molecule has 0 heterocycles. The fourth-order valence-electron chi connectivity index (χ4n) is 0.201. The van der Waals surface area contributed by atoms with Gasteiger partial charge in [-0.05, 0) is 0 Å². The van der Waals surface area contributed by atoms with Gasteiger partial charge in [0.05, 0.1) is 0 Å². The van der Waals surface area contributed by atoms with Crippen LogP contribution in [0.3, 0.4) is 0 Å². The van der Waals surface area contributed by atoms with Gasteiger partial charge in [-0.2, -0.15) is 21.0 Å². The van der Waals surface area contributed by atoms with Gasteiger partial charge in [0.2, 0.25) is 0 Å². The molecule has 80 valence electrons. The summed E-state index contributed by atoms with van der Waals surface area (Å²) in [4.78, 5) is 0. The average Bonchev–Trinajstić information content (AvgIpc) is 1.81. The second kappa shape index (κ2) is 4.70. The highest BCUT2D eigenvalue weighted by Gasteiger charge is 2.26. The minimum Gasteiger partial charge on any atom is -0.283 e. The highest BCUT2D eigenvalue weighted by Crippen LogP contribution is 2.08. The van der Waals surface area contributed by atoms with Gasteiger partial charge in [0.15, 0.2) is 0 Å². The quantitative estimate of drug-likeness (QED) is 0.467. The van der Waals surface area contributed by atoms with Gasteiger partial charge in [-0.25, -0.2) is 3.97 Å². The summed E-state index contributed by atoms with van der Waals surface area (Å²) in [5.74, 6) is 0. The van der Waals surface area contributed by atoms with Crippen LogP contribution in [0, 0.1) is 0 Å². The van der Waals surface area contributed by atoms with Crippen molar-refractivity contribution in [1.29, 1.82) is 0 Å². The van der Waals surface area contributed by atoms with Gasteiger partial charge in [-0.1, -0.05) is 3.63 Å². The lowest BCUT2D eigenvalue weighted by molar-refractivity contribution is 0.356. The van der Waals surface area contributed by atoms with E-state index in [0.29, 0.717) is 0 Å². The molecule has 0 fully saturated rings. The Bertz CT molecular complexity index is 371. The summed E-state index contributed by atoms with van der Waals surface area (Å²) in [6.45, 7) is 0. The topological polar surface area (TPSA) is 133 Å². The van der Waals surface area contributed by atoms with Gasteiger partial charge in [-0.15, -0.1) is 3.63 Å². The smallest absolute Gasteiger partial charge is 0.283 e. The lowest BCUT2D eigenvalue weighted by Crippen LogP contribution is -2.16. The Balaban J connectivity index is 4.64. The van der Waals surface area contributed by atoms with Crippen molar-refractivity contribution in [2.45, 2.75) is 0 Å². The number of rotatable bonds is 5. The SMILES string of the molecule is O=S(O)OS(=O)(=O)OS(=O)(=O)OP. The summed E-state index contributed by atoms with van der Waals surface area (Å²) in [6.07, 6.45) is 0. The molecule has 0 saturated carbocycles. The Morgan fingerprint density at radius 2 is 1.62 bits per heavy atom. The zero-order valence-corrected chi connectivity index (χ0v) is 9.12. The van der Waals surface area contributed by atoms with Crippen LogP contribution < -0.4 is 0 Å². The van der Waals surface area contributed by atoms with E-state index in [4.69, 9.17) is 4.55 Å². The number of hydrogen-bond donors (Lipinski definition) is 1. The fourth-order valence-corrected chi connectivity index (χ4v) is 2.30. The molecule has 1 N–H and O–H groups in total. The molecule has 13 heavy (non-hydrogen) atoms. The summed E-state index contributed by atoms with van der Waals surface area (Å²) in [5, 5.41) is 0. The van der Waals surface area contributed by atoms with Crippen LogP contribution in [0.15, 0.2) is 0 Å². The lowest BCUT2D eigenvalue weighted by atomic mass is 15.7. The normalized spacial score (nSPS) is 15.5. The van der Waals surface area contributed by atoms with Gasteiger partial charge in [-0.3, -0.25) is 4.55 Å². The van der Waals surface area contributed by atoms with Gasteiger partial charge in [0.25, 0.3) is 0 Å². The molecule has 0 radical (unpaired) electrons. The van der Waals surface area contributed by atoms with E-state index >= 15 is 0 Å². The molecule has 0 aliphatic rings. The third kappa shape index (κ3) is 6.40. The highest BCUT2D eigenvalue weighted by molar-refractivity contribution is 7.99. The molecule has 0 aliphatic carbocycles. The minimum absolute atomic E-state index is 1.20. The molecule has 0 aromatic carbocycles. The maximum Gasteiger partial charge on any atom is 0.431 e. The van der Waals surface area contributed by atoms with Crippen LogP contribution >= 0.6 is 9.47 Å². The Morgan fingerprint density at radius 1 is 1.15 bits per heavy atom. The summed E-state index contributed by atoms with van der Waals surface area (Å²) >= 11 is -3.21. The number of hydrogen-bond acceptors (Lipinski definition) is 8. The molecule has 0 aromatic rings. The Kier molecular flexibility index (Phi) is 4.82. The van der Waals surface area contributed by atoms with Crippen molar-refractivity contribution >= 4 is 41.6 Å². The van der Waals surface area contributed by atoms with Crippen LogP contribution in [-0.4, -0.2) is 25.6 Å². The minimum atomic E-state index is -5.13. The third-order valence-electron chi connectivity index (χ3n) is 0.426. The van der Waals surface area contributed by atoms with Crippen molar-refractivity contribution in [3.05, 3.63) is 0 Å². The van der Waals surface area contributed by atoms with Crippen LogP contribution in [0.5, 0.6) is 0 Å². The standard InChI is InChI=1S/H3O9PS3/c1-11(2)8-13(5,6)9-12(3,4)7-10/h10H2,(H,1,2). The third-order valence-corrected chi connectivity index (χ3v) is 3.83. The highest BCUT2D eigenvalue weighted by atomic mass is 32.3. The largest absolute Gasteiger partial charge is 0.431 e. The summed E-state index contributed by atoms with van der Waals surface area (Å²) in [5.41, 5.74) is 0. The van der Waals surface area contributed by atoms with Gasteiger partial charge < -0.3 is 0 Å². The molecular weight excluding hydrogens is 271 g/mol. The molecule has 2 atom stereocenters. The maximum absolute atomic E-state index is 10.3. The van der Waals surface area contributed by atoms with Crippen LogP contribution in [-0.2, 0) is 43.4 Å². The van der Waals surface area contributed by atoms with Crippen LogP contribution in [0.25, 0.3) is 0 Å². The summed E-state index contributed by atoms with van der Waals surface area (Å²) < 4.78 is 68.8. The van der Waals surface area contributed by atoms with Crippen LogP contribution in [0.4, 0.5) is 0 Å². The van der Waals surface area contributed by atoms with E-state index < -0.39 is 32.2 Å². The second-order valence-corrected chi connectivity index (χ2v) is 5.19.